The Hall–Kier alpha value is -1.11. The molecule has 1 N–H and O–H groups in total. The van der Waals surface area contributed by atoms with Gasteiger partial charge in [-0.05, 0) is 60.6 Å². The topological polar surface area (TPSA) is 57.6 Å². The van der Waals surface area contributed by atoms with E-state index in [-0.39, 0.29) is 11.9 Å². The number of halogens is 1. The number of carbonyl (C=O) groups excluding carboxylic acids is 1. The number of hydrogen-bond acceptors (Lipinski definition) is 2. The van der Waals surface area contributed by atoms with E-state index in [1.54, 1.807) is 11.0 Å². The van der Waals surface area contributed by atoms with E-state index in [1.807, 2.05) is 25.1 Å². The van der Waals surface area contributed by atoms with Crippen molar-refractivity contribution in [3.63, 3.8) is 0 Å². The first-order chi connectivity index (χ1) is 8.99. The van der Waals surface area contributed by atoms with E-state index in [0.717, 1.165) is 9.99 Å². The van der Waals surface area contributed by atoms with Crippen molar-refractivity contribution in [2.45, 2.75) is 25.8 Å². The summed E-state index contributed by atoms with van der Waals surface area (Å²) in [6.45, 7) is 2.28. The Morgan fingerprint density at radius 3 is 2.74 bits per heavy atom. The van der Waals surface area contributed by atoms with Gasteiger partial charge in [0.2, 0.25) is 0 Å². The van der Waals surface area contributed by atoms with Gasteiger partial charge >= 0.3 is 5.97 Å². The number of hydrogen-bond donors (Lipinski definition) is 1. The van der Waals surface area contributed by atoms with Gasteiger partial charge in [0.05, 0.1) is 5.92 Å². The van der Waals surface area contributed by atoms with Crippen molar-refractivity contribution in [1.29, 1.82) is 0 Å². The van der Waals surface area contributed by atoms with Crippen LogP contribution < -0.4 is 0 Å². The van der Waals surface area contributed by atoms with Crippen LogP contribution in [0.4, 0.5) is 0 Å². The minimum absolute atomic E-state index is 0.0723. The van der Waals surface area contributed by atoms with Crippen LogP contribution in [0.3, 0.4) is 0 Å². The molecular weight excluding hydrogens is 357 g/mol. The van der Waals surface area contributed by atoms with Crippen molar-refractivity contribution in [2.75, 3.05) is 6.54 Å². The molecule has 19 heavy (non-hydrogen) atoms. The van der Waals surface area contributed by atoms with Crippen LogP contribution in [0, 0.1) is 9.49 Å². The predicted octanol–water partition coefficient (Wildman–Crippen LogP) is 2.62. The fraction of sp³-hybridized carbons (Fsp3) is 0.429. The molecule has 5 heteroatoms. The number of piperidine rings is 1. The number of carbonyl (C=O) groups is 2. The molecule has 0 saturated carbocycles. The second-order valence-corrected chi connectivity index (χ2v) is 6.18. The SMILES string of the molecule is CC1CCC(C(=O)O)CN1C(=O)c1cccc(I)c1. The summed E-state index contributed by atoms with van der Waals surface area (Å²) in [5, 5.41) is 9.10. The fourth-order valence-corrected chi connectivity index (χ4v) is 2.92. The summed E-state index contributed by atoms with van der Waals surface area (Å²) in [7, 11) is 0. The Balaban J connectivity index is 2.19. The highest BCUT2D eigenvalue weighted by molar-refractivity contribution is 14.1. The maximum Gasteiger partial charge on any atom is 0.308 e. The zero-order chi connectivity index (χ0) is 14.0. The molecule has 0 spiro atoms. The monoisotopic (exact) mass is 373 g/mol. The van der Waals surface area contributed by atoms with Crippen molar-refractivity contribution in [3.05, 3.63) is 33.4 Å². The number of nitrogens with zero attached hydrogens (tertiary/aromatic N) is 1. The lowest BCUT2D eigenvalue weighted by molar-refractivity contribution is -0.143. The molecule has 2 rings (SSSR count). The van der Waals surface area contributed by atoms with Crippen LogP contribution in [0.2, 0.25) is 0 Å². The normalized spacial score (nSPS) is 23.2. The van der Waals surface area contributed by atoms with Gasteiger partial charge in [0.15, 0.2) is 0 Å². The lowest BCUT2D eigenvalue weighted by Crippen LogP contribution is -2.47. The summed E-state index contributed by atoms with van der Waals surface area (Å²) in [5.74, 6) is -1.33. The van der Waals surface area contributed by atoms with Crippen molar-refractivity contribution < 1.29 is 14.7 Å². The maximum absolute atomic E-state index is 12.5. The number of carboxylic acid groups (broad SMARTS) is 1. The molecule has 102 valence electrons. The van der Waals surface area contributed by atoms with E-state index in [4.69, 9.17) is 5.11 Å². The van der Waals surface area contributed by atoms with Gasteiger partial charge in [-0.2, -0.15) is 0 Å². The van der Waals surface area contributed by atoms with Gasteiger partial charge in [0, 0.05) is 21.7 Å². The molecule has 0 aliphatic carbocycles. The quantitative estimate of drug-likeness (QED) is 0.811. The molecule has 1 fully saturated rings. The smallest absolute Gasteiger partial charge is 0.308 e. The van der Waals surface area contributed by atoms with Crippen molar-refractivity contribution in [1.82, 2.24) is 4.90 Å². The van der Waals surface area contributed by atoms with Crippen LogP contribution in [0.25, 0.3) is 0 Å². The molecule has 4 nitrogen and oxygen atoms in total. The molecular formula is C14H16INO3. The van der Waals surface area contributed by atoms with Crippen molar-refractivity contribution >= 4 is 34.5 Å². The summed E-state index contributed by atoms with van der Waals surface area (Å²) >= 11 is 2.16. The van der Waals surface area contributed by atoms with Crippen LogP contribution >= 0.6 is 22.6 Å². The lowest BCUT2D eigenvalue weighted by Gasteiger charge is -2.36. The zero-order valence-electron chi connectivity index (χ0n) is 10.7. The summed E-state index contributed by atoms with van der Waals surface area (Å²) in [6, 6.07) is 7.48. The molecule has 1 aromatic carbocycles. The Morgan fingerprint density at radius 2 is 2.11 bits per heavy atom. The standard InChI is InChI=1S/C14H16INO3/c1-9-5-6-11(14(18)19)8-16(9)13(17)10-3-2-4-12(15)7-10/h2-4,7,9,11H,5-6,8H2,1H3,(H,18,19). The third-order valence-corrected chi connectivity index (χ3v) is 4.23. The van der Waals surface area contributed by atoms with Crippen LogP contribution in [0.1, 0.15) is 30.1 Å². The highest BCUT2D eigenvalue weighted by Gasteiger charge is 2.32. The van der Waals surface area contributed by atoms with Gasteiger partial charge in [-0.15, -0.1) is 0 Å². The number of rotatable bonds is 2. The van der Waals surface area contributed by atoms with Crippen LogP contribution in [-0.4, -0.2) is 34.5 Å². The van der Waals surface area contributed by atoms with Gasteiger partial charge in [0.25, 0.3) is 5.91 Å². The third kappa shape index (κ3) is 3.26. The third-order valence-electron chi connectivity index (χ3n) is 3.56. The van der Waals surface area contributed by atoms with Gasteiger partial charge in [-0.3, -0.25) is 9.59 Å². The Kier molecular flexibility index (Phi) is 4.44. The highest BCUT2D eigenvalue weighted by Crippen LogP contribution is 2.24. The van der Waals surface area contributed by atoms with Crippen LogP contribution in [0.15, 0.2) is 24.3 Å². The number of likely N-dealkylation sites (tertiary alicyclic amines) is 1. The largest absolute Gasteiger partial charge is 0.481 e. The first-order valence-corrected chi connectivity index (χ1v) is 7.36. The average molecular weight is 373 g/mol. The molecule has 1 amide bonds. The second kappa shape index (κ2) is 5.90. The zero-order valence-corrected chi connectivity index (χ0v) is 12.8. The molecule has 0 bridgehead atoms. The molecule has 1 heterocycles. The van der Waals surface area contributed by atoms with Gasteiger partial charge < -0.3 is 10.0 Å². The van der Waals surface area contributed by atoms with Gasteiger partial charge in [0.1, 0.15) is 0 Å². The summed E-state index contributed by atoms with van der Waals surface area (Å²) in [5.41, 5.74) is 0.629. The number of benzene rings is 1. The molecule has 1 aliphatic rings. The number of aliphatic carboxylic acids is 1. The van der Waals surface area contributed by atoms with Gasteiger partial charge in [-0.1, -0.05) is 6.07 Å². The molecule has 0 radical (unpaired) electrons. The maximum atomic E-state index is 12.5. The number of carboxylic acids is 1. The Bertz CT molecular complexity index is 503. The van der Waals surface area contributed by atoms with Crippen LogP contribution in [0.5, 0.6) is 0 Å². The van der Waals surface area contributed by atoms with E-state index < -0.39 is 11.9 Å². The average Bonchev–Trinajstić information content (AvgIpc) is 2.38. The second-order valence-electron chi connectivity index (χ2n) is 4.93. The minimum atomic E-state index is -0.813. The molecule has 0 aromatic heterocycles. The van der Waals surface area contributed by atoms with E-state index in [9.17, 15) is 9.59 Å². The summed E-state index contributed by atoms with van der Waals surface area (Å²) in [6.07, 6.45) is 1.39. The molecule has 2 atom stereocenters. The number of amides is 1. The van der Waals surface area contributed by atoms with Crippen LogP contribution in [-0.2, 0) is 4.79 Å². The predicted molar refractivity (Wildman–Crippen MR) is 80.0 cm³/mol. The van der Waals surface area contributed by atoms with Gasteiger partial charge in [-0.25, -0.2) is 0 Å². The molecule has 2 unspecified atom stereocenters. The summed E-state index contributed by atoms with van der Waals surface area (Å²) in [4.78, 5) is 25.2. The first kappa shape index (κ1) is 14.3. The molecule has 1 saturated heterocycles. The Labute approximate surface area is 125 Å². The van der Waals surface area contributed by atoms with E-state index in [0.29, 0.717) is 18.5 Å². The van der Waals surface area contributed by atoms with E-state index in [2.05, 4.69) is 22.6 Å². The van der Waals surface area contributed by atoms with E-state index in [1.165, 1.54) is 0 Å². The molecule has 1 aromatic rings. The summed E-state index contributed by atoms with van der Waals surface area (Å²) < 4.78 is 1.00. The van der Waals surface area contributed by atoms with Crippen molar-refractivity contribution in [3.8, 4) is 0 Å². The minimum Gasteiger partial charge on any atom is -0.481 e. The van der Waals surface area contributed by atoms with Crippen molar-refractivity contribution in [2.24, 2.45) is 5.92 Å². The Morgan fingerprint density at radius 1 is 1.37 bits per heavy atom. The molecule has 1 aliphatic heterocycles. The first-order valence-electron chi connectivity index (χ1n) is 6.28. The van der Waals surface area contributed by atoms with E-state index >= 15 is 0 Å². The fourth-order valence-electron chi connectivity index (χ4n) is 2.38. The highest BCUT2D eigenvalue weighted by atomic mass is 127. The lowest BCUT2D eigenvalue weighted by atomic mass is 9.93.